The Balaban J connectivity index is 1.80. The average molecular weight is 319 g/mol. The van der Waals surface area contributed by atoms with Gasteiger partial charge < -0.3 is 20.7 Å². The molecule has 1 unspecified atom stereocenters. The largest absolute Gasteiger partial charge is 0.452 e. The van der Waals surface area contributed by atoms with Gasteiger partial charge in [0.2, 0.25) is 0 Å². The number of anilines is 1. The number of primary amides is 1. The molecule has 3 N–H and O–H groups in total. The van der Waals surface area contributed by atoms with Crippen LogP contribution in [0.2, 0.25) is 0 Å². The number of amides is 3. The van der Waals surface area contributed by atoms with Crippen LogP contribution in [-0.2, 0) is 14.3 Å². The molecule has 0 radical (unpaired) electrons. The second-order valence-electron chi connectivity index (χ2n) is 5.53. The highest BCUT2D eigenvalue weighted by molar-refractivity contribution is 5.95. The van der Waals surface area contributed by atoms with E-state index in [9.17, 15) is 14.4 Å². The molecule has 1 aliphatic heterocycles. The van der Waals surface area contributed by atoms with E-state index in [1.165, 1.54) is 11.8 Å². The molecular weight excluding hydrogens is 298 g/mol. The van der Waals surface area contributed by atoms with Crippen molar-refractivity contribution in [2.24, 2.45) is 11.7 Å². The number of hydrogen-bond donors (Lipinski definition) is 2. The highest BCUT2D eigenvalue weighted by Crippen LogP contribution is 2.19. The van der Waals surface area contributed by atoms with Crippen molar-refractivity contribution in [1.82, 2.24) is 4.90 Å². The van der Waals surface area contributed by atoms with E-state index in [4.69, 9.17) is 10.5 Å². The molecule has 1 fully saturated rings. The van der Waals surface area contributed by atoms with Crippen molar-refractivity contribution in [1.29, 1.82) is 0 Å². The Bertz CT molecular complexity index is 568. The van der Waals surface area contributed by atoms with Crippen LogP contribution in [0.3, 0.4) is 0 Å². The summed E-state index contributed by atoms with van der Waals surface area (Å²) >= 11 is 0. The quantitative estimate of drug-likeness (QED) is 0.818. The summed E-state index contributed by atoms with van der Waals surface area (Å²) < 4.78 is 5.23. The highest BCUT2D eigenvalue weighted by Gasteiger charge is 2.29. The fourth-order valence-corrected chi connectivity index (χ4v) is 2.42. The van der Waals surface area contributed by atoms with E-state index in [0.29, 0.717) is 31.6 Å². The Morgan fingerprint density at radius 1 is 1.22 bits per heavy atom. The average Bonchev–Trinajstić information content (AvgIpc) is 2.55. The Hall–Kier alpha value is -2.57. The van der Waals surface area contributed by atoms with E-state index in [2.05, 4.69) is 5.32 Å². The molecular formula is C16H21N3O4. The van der Waals surface area contributed by atoms with E-state index in [-0.39, 0.29) is 11.8 Å². The number of piperidine rings is 1. The molecule has 0 bridgehead atoms. The second-order valence-corrected chi connectivity index (χ2v) is 5.53. The maximum atomic E-state index is 12.1. The molecule has 23 heavy (non-hydrogen) atoms. The standard InChI is InChI=1S/C16H21N3O4/c1-11(14(20)18-13-5-3-2-4-6-13)23-15(21)12-7-9-19(10-8-12)16(17)22/h2-6,11-12H,7-10H2,1H3,(H2,17,22)(H,18,20). The predicted octanol–water partition coefficient (Wildman–Crippen LogP) is 1.35. The first-order chi connectivity index (χ1) is 11.0. The summed E-state index contributed by atoms with van der Waals surface area (Å²) in [5.74, 6) is -1.10. The van der Waals surface area contributed by atoms with Gasteiger partial charge in [-0.1, -0.05) is 18.2 Å². The van der Waals surface area contributed by atoms with Crippen molar-refractivity contribution >= 4 is 23.6 Å². The molecule has 3 amide bonds. The first-order valence-corrected chi connectivity index (χ1v) is 7.58. The lowest BCUT2D eigenvalue weighted by Crippen LogP contribution is -2.44. The number of para-hydroxylation sites is 1. The minimum Gasteiger partial charge on any atom is -0.452 e. The summed E-state index contributed by atoms with van der Waals surface area (Å²) in [5.41, 5.74) is 5.85. The number of carbonyl (C=O) groups is 3. The number of hydrogen-bond acceptors (Lipinski definition) is 4. The summed E-state index contributed by atoms with van der Waals surface area (Å²) in [4.78, 5) is 36.7. The van der Waals surface area contributed by atoms with Gasteiger partial charge in [0.1, 0.15) is 0 Å². The molecule has 124 valence electrons. The number of nitrogens with two attached hydrogens (primary N) is 1. The fraction of sp³-hybridized carbons (Fsp3) is 0.438. The number of ether oxygens (including phenoxy) is 1. The molecule has 0 spiro atoms. The van der Waals surface area contributed by atoms with Crippen molar-refractivity contribution in [3.8, 4) is 0 Å². The number of urea groups is 1. The van der Waals surface area contributed by atoms with E-state index in [1.807, 2.05) is 6.07 Å². The van der Waals surface area contributed by atoms with Crippen LogP contribution < -0.4 is 11.1 Å². The molecule has 7 nitrogen and oxygen atoms in total. The van der Waals surface area contributed by atoms with Gasteiger partial charge in [0.25, 0.3) is 5.91 Å². The lowest BCUT2D eigenvalue weighted by Gasteiger charge is -2.30. The Kier molecular flexibility index (Phi) is 5.56. The molecule has 1 aromatic carbocycles. The van der Waals surface area contributed by atoms with Crippen LogP contribution in [0.25, 0.3) is 0 Å². The molecule has 7 heteroatoms. The van der Waals surface area contributed by atoms with E-state index in [0.717, 1.165) is 0 Å². The molecule has 1 saturated heterocycles. The zero-order chi connectivity index (χ0) is 16.8. The topological polar surface area (TPSA) is 102 Å². The number of esters is 1. The van der Waals surface area contributed by atoms with Crippen LogP contribution in [0.4, 0.5) is 10.5 Å². The maximum Gasteiger partial charge on any atom is 0.314 e. The summed E-state index contributed by atoms with van der Waals surface area (Å²) in [6, 6.07) is 8.49. The van der Waals surface area contributed by atoms with Gasteiger partial charge in [-0.15, -0.1) is 0 Å². The molecule has 0 aliphatic carbocycles. The highest BCUT2D eigenvalue weighted by atomic mass is 16.5. The van der Waals surface area contributed by atoms with Gasteiger partial charge in [0.15, 0.2) is 6.10 Å². The molecule has 0 aromatic heterocycles. The van der Waals surface area contributed by atoms with Crippen LogP contribution >= 0.6 is 0 Å². The number of nitrogens with zero attached hydrogens (tertiary/aromatic N) is 1. The third-order valence-corrected chi connectivity index (χ3v) is 3.84. The van der Waals surface area contributed by atoms with Crippen molar-refractivity contribution in [2.75, 3.05) is 18.4 Å². The monoisotopic (exact) mass is 319 g/mol. The van der Waals surface area contributed by atoms with Gasteiger partial charge in [0, 0.05) is 18.8 Å². The summed E-state index contributed by atoms with van der Waals surface area (Å²) in [7, 11) is 0. The van der Waals surface area contributed by atoms with Gasteiger partial charge in [-0.3, -0.25) is 9.59 Å². The van der Waals surface area contributed by atoms with Gasteiger partial charge in [-0.05, 0) is 31.9 Å². The van der Waals surface area contributed by atoms with Gasteiger partial charge in [-0.2, -0.15) is 0 Å². The summed E-state index contributed by atoms with van der Waals surface area (Å²) in [6.07, 6.45) is 0.112. The van der Waals surface area contributed by atoms with Crippen LogP contribution in [0.15, 0.2) is 30.3 Å². The second kappa shape index (κ2) is 7.62. The Morgan fingerprint density at radius 2 is 1.83 bits per heavy atom. The van der Waals surface area contributed by atoms with E-state index >= 15 is 0 Å². The molecule has 1 aliphatic rings. The van der Waals surface area contributed by atoms with E-state index < -0.39 is 18.1 Å². The van der Waals surface area contributed by atoms with Crippen LogP contribution in [0, 0.1) is 5.92 Å². The summed E-state index contributed by atoms with van der Waals surface area (Å²) in [5, 5.41) is 2.69. The predicted molar refractivity (Wildman–Crippen MR) is 84.5 cm³/mol. The number of benzene rings is 1. The zero-order valence-electron chi connectivity index (χ0n) is 13.0. The van der Waals surface area contributed by atoms with Gasteiger partial charge in [-0.25, -0.2) is 4.79 Å². The first kappa shape index (κ1) is 16.8. The minimum absolute atomic E-state index is 0.308. The maximum absolute atomic E-state index is 12.1. The summed E-state index contributed by atoms with van der Waals surface area (Å²) in [6.45, 7) is 2.40. The van der Waals surface area contributed by atoms with Crippen molar-refractivity contribution in [3.63, 3.8) is 0 Å². The van der Waals surface area contributed by atoms with Crippen molar-refractivity contribution < 1.29 is 19.1 Å². The number of likely N-dealkylation sites (tertiary alicyclic amines) is 1. The van der Waals surface area contributed by atoms with Crippen molar-refractivity contribution in [2.45, 2.75) is 25.9 Å². The molecule has 1 aromatic rings. The minimum atomic E-state index is -0.878. The van der Waals surface area contributed by atoms with Crippen molar-refractivity contribution in [3.05, 3.63) is 30.3 Å². The van der Waals surface area contributed by atoms with Gasteiger partial charge in [0.05, 0.1) is 5.92 Å². The third-order valence-electron chi connectivity index (χ3n) is 3.84. The van der Waals surface area contributed by atoms with Crippen LogP contribution in [-0.4, -0.2) is 42.0 Å². The first-order valence-electron chi connectivity index (χ1n) is 7.58. The molecule has 1 atom stereocenters. The third kappa shape index (κ3) is 4.70. The number of nitrogens with one attached hydrogen (secondary N) is 1. The molecule has 1 heterocycles. The van der Waals surface area contributed by atoms with Gasteiger partial charge >= 0.3 is 12.0 Å². The SMILES string of the molecule is CC(OC(=O)C1CCN(C(N)=O)CC1)C(=O)Nc1ccccc1. The molecule has 0 saturated carbocycles. The lowest BCUT2D eigenvalue weighted by molar-refractivity contribution is -0.158. The van der Waals surface area contributed by atoms with Crippen LogP contribution in [0.1, 0.15) is 19.8 Å². The van der Waals surface area contributed by atoms with Crippen LogP contribution in [0.5, 0.6) is 0 Å². The number of rotatable bonds is 4. The normalized spacial score (nSPS) is 16.5. The fourth-order valence-electron chi connectivity index (χ4n) is 2.42. The smallest absolute Gasteiger partial charge is 0.314 e. The van der Waals surface area contributed by atoms with E-state index in [1.54, 1.807) is 24.3 Å². The lowest BCUT2D eigenvalue weighted by atomic mass is 9.97. The Labute approximate surface area is 134 Å². The number of carbonyl (C=O) groups excluding carboxylic acids is 3. The zero-order valence-corrected chi connectivity index (χ0v) is 13.0. The molecule has 2 rings (SSSR count). The Morgan fingerprint density at radius 3 is 2.39 bits per heavy atom.